The van der Waals surface area contributed by atoms with Crippen molar-refractivity contribution < 1.29 is 13.9 Å². The van der Waals surface area contributed by atoms with Gasteiger partial charge in [-0.15, -0.1) is 11.3 Å². The Bertz CT molecular complexity index is 737. The summed E-state index contributed by atoms with van der Waals surface area (Å²) in [6.45, 7) is 1.47. The van der Waals surface area contributed by atoms with E-state index in [-0.39, 0.29) is 18.1 Å². The van der Waals surface area contributed by atoms with Crippen molar-refractivity contribution in [3.63, 3.8) is 0 Å². The van der Waals surface area contributed by atoms with Crippen LogP contribution >= 0.6 is 11.3 Å². The zero-order valence-electron chi connectivity index (χ0n) is 13.4. The van der Waals surface area contributed by atoms with Crippen LogP contribution < -0.4 is 0 Å². The van der Waals surface area contributed by atoms with Crippen LogP contribution in [0.15, 0.2) is 28.4 Å². The fourth-order valence-corrected chi connectivity index (χ4v) is 4.81. The lowest BCUT2D eigenvalue weighted by atomic mass is 9.91. The van der Waals surface area contributed by atoms with Crippen LogP contribution in [0, 0.1) is 5.92 Å². The summed E-state index contributed by atoms with van der Waals surface area (Å²) in [5, 5.41) is 3.33. The van der Waals surface area contributed by atoms with Gasteiger partial charge in [-0.1, -0.05) is 0 Å². The van der Waals surface area contributed by atoms with Gasteiger partial charge >= 0.3 is 0 Å². The lowest BCUT2D eigenvalue weighted by Gasteiger charge is -2.33. The molecule has 0 spiro atoms. The molecule has 3 aliphatic rings. The second-order valence-corrected chi connectivity index (χ2v) is 7.99. The van der Waals surface area contributed by atoms with E-state index in [0.717, 1.165) is 24.4 Å². The standard InChI is InChI=1S/C18H20N2O3S/c21-18(13-4-6-22-9-13)20-5-3-12-7-15(23-16(12)8-20)17-19-14(10-24-17)11-1-2-11/h4,6,9-12,15-16H,1-3,5,7-8H2/t12-,15+,16+/m1/s1. The number of rotatable bonds is 3. The van der Waals surface area contributed by atoms with Crippen molar-refractivity contribution in [1.29, 1.82) is 0 Å². The third-order valence-corrected chi connectivity index (χ3v) is 6.37. The van der Waals surface area contributed by atoms with Crippen LogP contribution in [0.4, 0.5) is 0 Å². The Morgan fingerprint density at radius 2 is 2.25 bits per heavy atom. The maximum atomic E-state index is 12.5. The molecule has 1 saturated carbocycles. The number of aromatic nitrogens is 1. The number of piperidine rings is 1. The van der Waals surface area contributed by atoms with Crippen LogP contribution in [0.1, 0.15) is 58.8 Å². The number of nitrogens with zero attached hydrogens (tertiary/aromatic N) is 2. The molecule has 2 aliphatic heterocycles. The number of fused-ring (bicyclic) bond motifs is 1. The average Bonchev–Trinajstić information content (AvgIpc) is 3.06. The van der Waals surface area contributed by atoms with Gasteiger partial charge in [-0.2, -0.15) is 0 Å². The first-order valence-electron chi connectivity index (χ1n) is 8.70. The van der Waals surface area contributed by atoms with Crippen LogP contribution in [-0.4, -0.2) is 35.0 Å². The predicted octanol–water partition coefficient (Wildman–Crippen LogP) is 3.61. The molecule has 4 heterocycles. The predicted molar refractivity (Wildman–Crippen MR) is 89.0 cm³/mol. The highest BCUT2D eigenvalue weighted by Crippen LogP contribution is 2.45. The summed E-state index contributed by atoms with van der Waals surface area (Å²) in [5.74, 6) is 1.28. The van der Waals surface area contributed by atoms with Crippen molar-refractivity contribution in [3.05, 3.63) is 40.2 Å². The maximum absolute atomic E-state index is 12.5. The first-order chi connectivity index (χ1) is 11.8. The van der Waals surface area contributed by atoms with Crippen LogP contribution in [0.5, 0.6) is 0 Å². The number of carbonyl (C=O) groups is 1. The lowest BCUT2D eigenvalue weighted by Crippen LogP contribution is -2.45. The van der Waals surface area contributed by atoms with Gasteiger partial charge in [0.05, 0.1) is 23.6 Å². The van der Waals surface area contributed by atoms with Crippen molar-refractivity contribution in [3.8, 4) is 0 Å². The molecule has 0 bridgehead atoms. The lowest BCUT2D eigenvalue weighted by molar-refractivity contribution is -0.00453. The molecular weight excluding hydrogens is 324 g/mol. The minimum Gasteiger partial charge on any atom is -0.472 e. The minimum absolute atomic E-state index is 0.0412. The Morgan fingerprint density at radius 3 is 3.04 bits per heavy atom. The quantitative estimate of drug-likeness (QED) is 0.853. The Hall–Kier alpha value is -1.66. The first kappa shape index (κ1) is 14.7. The molecule has 2 saturated heterocycles. The molecule has 2 aromatic rings. The summed E-state index contributed by atoms with van der Waals surface area (Å²) in [7, 11) is 0. The van der Waals surface area contributed by atoms with Crippen molar-refractivity contribution >= 4 is 17.2 Å². The van der Waals surface area contributed by atoms with E-state index in [1.807, 2.05) is 4.90 Å². The molecule has 5 rings (SSSR count). The van der Waals surface area contributed by atoms with Crippen LogP contribution in [0.3, 0.4) is 0 Å². The number of thiazole rings is 1. The minimum atomic E-state index is 0.0412. The largest absolute Gasteiger partial charge is 0.472 e. The summed E-state index contributed by atoms with van der Waals surface area (Å²) in [6.07, 6.45) is 7.91. The Kier molecular flexibility index (Phi) is 3.49. The molecule has 1 aliphatic carbocycles. The number of carbonyl (C=O) groups excluding carboxylic acids is 1. The van der Waals surface area contributed by atoms with E-state index in [1.165, 1.54) is 24.8 Å². The molecule has 24 heavy (non-hydrogen) atoms. The molecule has 0 unspecified atom stereocenters. The summed E-state index contributed by atoms with van der Waals surface area (Å²) < 4.78 is 11.3. The summed E-state index contributed by atoms with van der Waals surface area (Å²) in [6, 6.07) is 1.72. The van der Waals surface area contributed by atoms with Crippen molar-refractivity contribution in [2.24, 2.45) is 5.92 Å². The number of hydrogen-bond acceptors (Lipinski definition) is 5. The van der Waals surface area contributed by atoms with Gasteiger partial charge in [-0.3, -0.25) is 4.79 Å². The molecule has 0 aromatic carbocycles. The zero-order chi connectivity index (χ0) is 16.1. The van der Waals surface area contributed by atoms with E-state index >= 15 is 0 Å². The fraction of sp³-hybridized carbons (Fsp3) is 0.556. The Labute approximate surface area is 144 Å². The third kappa shape index (κ3) is 2.58. The first-order valence-corrected chi connectivity index (χ1v) is 9.58. The fourth-order valence-electron chi connectivity index (χ4n) is 3.86. The molecule has 126 valence electrons. The number of ether oxygens (including phenoxy) is 1. The molecule has 2 aromatic heterocycles. The second kappa shape index (κ2) is 5.70. The highest BCUT2D eigenvalue weighted by Gasteiger charge is 2.42. The third-order valence-electron chi connectivity index (χ3n) is 5.42. The topological polar surface area (TPSA) is 55.6 Å². The summed E-state index contributed by atoms with van der Waals surface area (Å²) >= 11 is 1.74. The van der Waals surface area contributed by atoms with Gasteiger partial charge in [0.15, 0.2) is 0 Å². The van der Waals surface area contributed by atoms with Crippen molar-refractivity contribution in [2.45, 2.75) is 43.8 Å². The van der Waals surface area contributed by atoms with E-state index in [9.17, 15) is 4.79 Å². The van der Waals surface area contributed by atoms with Crippen LogP contribution in [0.25, 0.3) is 0 Å². The molecule has 0 radical (unpaired) electrons. The zero-order valence-corrected chi connectivity index (χ0v) is 14.2. The molecule has 3 fully saturated rings. The number of amides is 1. The van der Waals surface area contributed by atoms with Crippen LogP contribution in [0.2, 0.25) is 0 Å². The van der Waals surface area contributed by atoms with E-state index < -0.39 is 0 Å². The molecular formula is C18H20N2O3S. The van der Waals surface area contributed by atoms with Gasteiger partial charge in [-0.05, 0) is 37.7 Å². The maximum Gasteiger partial charge on any atom is 0.257 e. The number of hydrogen-bond donors (Lipinski definition) is 0. The molecule has 3 atom stereocenters. The highest BCUT2D eigenvalue weighted by molar-refractivity contribution is 7.09. The van der Waals surface area contributed by atoms with Gasteiger partial charge in [-0.25, -0.2) is 4.98 Å². The van der Waals surface area contributed by atoms with Crippen LogP contribution in [-0.2, 0) is 4.74 Å². The van der Waals surface area contributed by atoms with Gasteiger partial charge in [0.1, 0.15) is 17.4 Å². The van der Waals surface area contributed by atoms with Crippen molar-refractivity contribution in [1.82, 2.24) is 9.88 Å². The van der Waals surface area contributed by atoms with E-state index in [1.54, 1.807) is 23.7 Å². The highest BCUT2D eigenvalue weighted by atomic mass is 32.1. The monoisotopic (exact) mass is 344 g/mol. The molecule has 6 heteroatoms. The van der Waals surface area contributed by atoms with Gasteiger partial charge in [0, 0.05) is 24.4 Å². The smallest absolute Gasteiger partial charge is 0.257 e. The van der Waals surface area contributed by atoms with E-state index in [4.69, 9.17) is 14.1 Å². The summed E-state index contributed by atoms with van der Waals surface area (Å²) in [4.78, 5) is 19.2. The number of furan rings is 1. The SMILES string of the molecule is O=C(c1ccoc1)N1CC[C@@H]2C[C@@H](c3nc(C4CC4)cs3)O[C@H]2C1. The molecule has 5 nitrogen and oxygen atoms in total. The van der Waals surface area contributed by atoms with Gasteiger partial charge in [0.2, 0.25) is 0 Å². The summed E-state index contributed by atoms with van der Waals surface area (Å²) in [5.41, 5.74) is 1.88. The molecule has 0 N–H and O–H groups in total. The second-order valence-electron chi connectivity index (χ2n) is 7.10. The molecule has 1 amide bonds. The van der Waals surface area contributed by atoms with E-state index in [0.29, 0.717) is 23.9 Å². The Balaban J connectivity index is 1.26. The van der Waals surface area contributed by atoms with Gasteiger partial charge in [0.25, 0.3) is 5.91 Å². The normalized spacial score (nSPS) is 29.7. The van der Waals surface area contributed by atoms with E-state index in [2.05, 4.69) is 5.38 Å². The average molecular weight is 344 g/mol. The number of likely N-dealkylation sites (tertiary alicyclic amines) is 1. The van der Waals surface area contributed by atoms with Gasteiger partial charge < -0.3 is 14.1 Å². The van der Waals surface area contributed by atoms with Crippen molar-refractivity contribution in [2.75, 3.05) is 13.1 Å². The Morgan fingerprint density at radius 1 is 1.33 bits per heavy atom.